The van der Waals surface area contributed by atoms with E-state index in [9.17, 15) is 9.18 Å². The lowest BCUT2D eigenvalue weighted by Gasteiger charge is -2.25. The number of nitrogens with zero attached hydrogens (tertiary/aromatic N) is 3. The smallest absolute Gasteiger partial charge is 0.273 e. The van der Waals surface area contributed by atoms with E-state index in [1.54, 1.807) is 28.7 Å². The Balaban J connectivity index is 0.00000196. The topological polar surface area (TPSA) is 71.8 Å². The number of thioether (sulfide) groups is 1. The maximum absolute atomic E-state index is 13.6. The summed E-state index contributed by atoms with van der Waals surface area (Å²) in [5.41, 5.74) is 1.16. The van der Waals surface area contributed by atoms with E-state index in [0.717, 1.165) is 48.6 Å². The minimum atomic E-state index is -0.280. The molecule has 2 aromatic rings. The van der Waals surface area contributed by atoms with Crippen LogP contribution in [0.4, 0.5) is 4.39 Å². The van der Waals surface area contributed by atoms with Crippen LogP contribution in [0, 0.1) is 5.82 Å². The Morgan fingerprint density at radius 1 is 1.31 bits per heavy atom. The van der Waals surface area contributed by atoms with Crippen molar-refractivity contribution in [3.05, 3.63) is 41.5 Å². The Kier molecular flexibility index (Phi) is 6.16. The summed E-state index contributed by atoms with van der Waals surface area (Å²) in [7, 11) is 0. The van der Waals surface area contributed by atoms with E-state index in [2.05, 4.69) is 20.9 Å². The van der Waals surface area contributed by atoms with Crippen molar-refractivity contribution in [3.8, 4) is 0 Å². The van der Waals surface area contributed by atoms with Gasteiger partial charge in [0, 0.05) is 10.6 Å². The number of amides is 1. The van der Waals surface area contributed by atoms with Crippen LogP contribution in [0.3, 0.4) is 0 Å². The molecule has 1 unspecified atom stereocenters. The molecule has 9 heteroatoms. The molecule has 2 aliphatic rings. The molecule has 1 saturated heterocycles. The molecule has 2 aliphatic heterocycles. The van der Waals surface area contributed by atoms with Crippen LogP contribution in [0.2, 0.25) is 0 Å². The maximum Gasteiger partial charge on any atom is 0.273 e. The summed E-state index contributed by atoms with van der Waals surface area (Å²) in [6.07, 6.45) is 4.46. The van der Waals surface area contributed by atoms with Crippen LogP contribution in [-0.4, -0.2) is 39.7 Å². The monoisotopic (exact) mass is 397 g/mol. The zero-order valence-electron chi connectivity index (χ0n) is 14.2. The van der Waals surface area contributed by atoms with Crippen LogP contribution in [0.15, 0.2) is 29.3 Å². The summed E-state index contributed by atoms with van der Waals surface area (Å²) in [6, 6.07) is 4.85. The van der Waals surface area contributed by atoms with Crippen molar-refractivity contribution in [1.29, 1.82) is 0 Å². The molecule has 0 aliphatic carbocycles. The van der Waals surface area contributed by atoms with Crippen molar-refractivity contribution >= 4 is 30.1 Å². The molecule has 0 radical (unpaired) electrons. The van der Waals surface area contributed by atoms with E-state index in [0.29, 0.717) is 5.69 Å². The summed E-state index contributed by atoms with van der Waals surface area (Å²) < 4.78 is 15.4. The summed E-state index contributed by atoms with van der Waals surface area (Å²) in [5.74, 6) is 0.357. The number of fused-ring (bicyclic) bond motifs is 1. The minimum absolute atomic E-state index is 0. The molecule has 0 saturated carbocycles. The van der Waals surface area contributed by atoms with Gasteiger partial charge in [0.15, 0.2) is 5.69 Å². The molecule has 140 valence electrons. The number of hydrogen-bond donors (Lipinski definition) is 2. The van der Waals surface area contributed by atoms with Crippen LogP contribution in [-0.2, 0) is 0 Å². The van der Waals surface area contributed by atoms with E-state index in [1.807, 2.05) is 0 Å². The predicted octanol–water partition coefficient (Wildman–Crippen LogP) is 2.73. The van der Waals surface area contributed by atoms with Gasteiger partial charge < -0.3 is 10.6 Å². The molecule has 1 aromatic heterocycles. The van der Waals surface area contributed by atoms with Crippen LogP contribution >= 0.6 is 24.2 Å². The Morgan fingerprint density at radius 2 is 2.12 bits per heavy atom. The fourth-order valence-electron chi connectivity index (χ4n) is 3.38. The van der Waals surface area contributed by atoms with Gasteiger partial charge in [-0.15, -0.1) is 29.3 Å². The predicted molar refractivity (Wildman–Crippen MR) is 100 cm³/mol. The average Bonchev–Trinajstić information content (AvgIpc) is 3.13. The summed E-state index contributed by atoms with van der Waals surface area (Å²) in [4.78, 5) is 13.6. The third kappa shape index (κ3) is 4.02. The highest BCUT2D eigenvalue weighted by atomic mass is 35.5. The van der Waals surface area contributed by atoms with Crippen LogP contribution < -0.4 is 10.6 Å². The second kappa shape index (κ2) is 8.37. The van der Waals surface area contributed by atoms with Crippen LogP contribution in [0.25, 0.3) is 0 Å². The number of nitrogens with one attached hydrogen (secondary N) is 2. The first-order valence-corrected chi connectivity index (χ1v) is 9.55. The number of benzene rings is 1. The van der Waals surface area contributed by atoms with Crippen molar-refractivity contribution in [2.24, 2.45) is 0 Å². The van der Waals surface area contributed by atoms with Gasteiger partial charge in [0.25, 0.3) is 5.91 Å². The Morgan fingerprint density at radius 3 is 2.92 bits per heavy atom. The largest absolute Gasteiger partial charge is 0.344 e. The van der Waals surface area contributed by atoms with E-state index < -0.39 is 0 Å². The third-order valence-corrected chi connectivity index (χ3v) is 5.87. The van der Waals surface area contributed by atoms with Gasteiger partial charge in [-0.1, -0.05) is 5.21 Å². The standard InChI is InChI=1S/C17H20FN5OS.ClH/c18-11-1-2-16-13(9-11)14(5-8-25-16)20-17(24)15-10-23(22-21-15)12-3-6-19-7-4-12;/h1-2,9-10,12,14,19H,3-8H2,(H,20,24);1H. The molecule has 2 N–H and O–H groups in total. The summed E-state index contributed by atoms with van der Waals surface area (Å²) in [5, 5.41) is 14.5. The minimum Gasteiger partial charge on any atom is -0.344 e. The van der Waals surface area contributed by atoms with Gasteiger partial charge in [-0.05, 0) is 56.1 Å². The van der Waals surface area contributed by atoms with Crippen molar-refractivity contribution in [2.75, 3.05) is 18.8 Å². The molecule has 1 fully saturated rings. The fraction of sp³-hybridized carbons (Fsp3) is 0.471. The molecule has 0 spiro atoms. The number of piperidine rings is 1. The Hall–Kier alpha value is -1.64. The third-order valence-electron chi connectivity index (χ3n) is 4.74. The average molecular weight is 398 g/mol. The first kappa shape index (κ1) is 19.1. The first-order valence-electron chi connectivity index (χ1n) is 8.56. The molecule has 6 nitrogen and oxygen atoms in total. The molecule has 4 rings (SSSR count). The zero-order valence-corrected chi connectivity index (χ0v) is 15.8. The highest BCUT2D eigenvalue weighted by Gasteiger charge is 2.25. The van der Waals surface area contributed by atoms with Crippen molar-refractivity contribution in [2.45, 2.75) is 36.2 Å². The lowest BCUT2D eigenvalue weighted by molar-refractivity contribution is 0.0929. The second-order valence-electron chi connectivity index (χ2n) is 6.41. The van der Waals surface area contributed by atoms with Crippen LogP contribution in [0.5, 0.6) is 0 Å². The van der Waals surface area contributed by atoms with E-state index >= 15 is 0 Å². The maximum atomic E-state index is 13.6. The van der Waals surface area contributed by atoms with E-state index in [1.165, 1.54) is 12.1 Å². The van der Waals surface area contributed by atoms with Gasteiger partial charge in [0.1, 0.15) is 5.82 Å². The molecular weight excluding hydrogens is 377 g/mol. The van der Waals surface area contributed by atoms with Gasteiger partial charge in [-0.3, -0.25) is 4.79 Å². The van der Waals surface area contributed by atoms with E-state index in [4.69, 9.17) is 0 Å². The zero-order chi connectivity index (χ0) is 17.2. The molecule has 0 bridgehead atoms. The number of hydrogen-bond acceptors (Lipinski definition) is 5. The van der Waals surface area contributed by atoms with Gasteiger partial charge >= 0.3 is 0 Å². The number of halogens is 2. The lowest BCUT2D eigenvalue weighted by Crippen LogP contribution is -2.31. The lowest BCUT2D eigenvalue weighted by atomic mass is 10.0. The highest BCUT2D eigenvalue weighted by molar-refractivity contribution is 7.99. The normalized spacial score (nSPS) is 20.1. The van der Waals surface area contributed by atoms with Gasteiger partial charge in [-0.2, -0.15) is 0 Å². The van der Waals surface area contributed by atoms with E-state index in [-0.39, 0.29) is 36.2 Å². The molecule has 1 amide bonds. The number of aromatic nitrogens is 3. The van der Waals surface area contributed by atoms with Crippen molar-refractivity contribution < 1.29 is 9.18 Å². The molecular formula is C17H21ClFN5OS. The van der Waals surface area contributed by atoms with Crippen LogP contribution in [0.1, 0.15) is 47.4 Å². The molecule has 3 heterocycles. The summed E-state index contributed by atoms with van der Waals surface area (Å²) >= 11 is 1.69. The quantitative estimate of drug-likeness (QED) is 0.833. The molecule has 26 heavy (non-hydrogen) atoms. The van der Waals surface area contributed by atoms with Gasteiger partial charge in [-0.25, -0.2) is 9.07 Å². The summed E-state index contributed by atoms with van der Waals surface area (Å²) in [6.45, 7) is 1.91. The second-order valence-corrected chi connectivity index (χ2v) is 7.55. The van der Waals surface area contributed by atoms with Gasteiger partial charge in [0.2, 0.25) is 0 Å². The molecule has 1 aromatic carbocycles. The number of carbonyl (C=O) groups is 1. The fourth-order valence-corrected chi connectivity index (χ4v) is 4.48. The van der Waals surface area contributed by atoms with Crippen molar-refractivity contribution in [3.63, 3.8) is 0 Å². The number of rotatable bonds is 3. The van der Waals surface area contributed by atoms with Crippen molar-refractivity contribution in [1.82, 2.24) is 25.6 Å². The highest BCUT2D eigenvalue weighted by Crippen LogP contribution is 2.36. The molecule has 1 atom stereocenters. The Labute approximate surface area is 161 Å². The SMILES string of the molecule is Cl.O=C(NC1CCSc2ccc(F)cc21)c1cn(C2CCNCC2)nn1. The van der Waals surface area contributed by atoms with Gasteiger partial charge in [0.05, 0.1) is 18.3 Å². The first-order chi connectivity index (χ1) is 12.2. The number of carbonyl (C=O) groups excluding carboxylic acids is 1. The Bertz CT molecular complexity index is 780.